The minimum atomic E-state index is -1.36. The zero-order valence-corrected chi connectivity index (χ0v) is 6.42. The number of carbonyl (C=O) groups is 1. The van der Waals surface area contributed by atoms with Gasteiger partial charge in [-0.05, 0) is 12.8 Å². The second kappa shape index (κ2) is 3.38. The van der Waals surface area contributed by atoms with Gasteiger partial charge in [0.15, 0.2) is 0 Å². The molecule has 1 aliphatic carbocycles. The van der Waals surface area contributed by atoms with Crippen molar-refractivity contribution in [2.24, 2.45) is 5.92 Å². The summed E-state index contributed by atoms with van der Waals surface area (Å²) in [5.74, 6) is -2.09. The lowest BCUT2D eigenvalue weighted by Gasteiger charge is -2.32. The number of carboxylic acid groups (broad SMARTS) is 1. The molecule has 1 aliphatic rings. The van der Waals surface area contributed by atoms with Gasteiger partial charge in [-0.25, -0.2) is 0 Å². The second-order valence-electron chi connectivity index (χ2n) is 3.07. The van der Waals surface area contributed by atoms with Crippen LogP contribution in [-0.4, -0.2) is 44.7 Å². The van der Waals surface area contributed by atoms with Gasteiger partial charge in [0.05, 0.1) is 18.1 Å². The molecule has 0 aromatic carbocycles. The SMILES string of the molecule is O=C(O)C1CCC(O)[C@H](O)[C@@H]1O. The third-order valence-electron chi connectivity index (χ3n) is 2.25. The summed E-state index contributed by atoms with van der Waals surface area (Å²) in [5.41, 5.74) is 0. The van der Waals surface area contributed by atoms with Crippen molar-refractivity contribution in [1.29, 1.82) is 0 Å². The van der Waals surface area contributed by atoms with Gasteiger partial charge in [0.25, 0.3) is 0 Å². The summed E-state index contributed by atoms with van der Waals surface area (Å²) in [5, 5.41) is 35.9. The molecular weight excluding hydrogens is 164 g/mol. The Balaban J connectivity index is 2.65. The van der Waals surface area contributed by atoms with Gasteiger partial charge in [-0.15, -0.1) is 0 Å². The van der Waals surface area contributed by atoms with E-state index in [0.29, 0.717) is 0 Å². The first-order valence-electron chi connectivity index (χ1n) is 3.81. The standard InChI is InChI=1S/C7H12O5/c8-4-2-1-3(7(11)12)5(9)6(4)10/h3-6,8-10H,1-2H2,(H,11,12)/t3?,4?,5-,6+/m1/s1. The highest BCUT2D eigenvalue weighted by Crippen LogP contribution is 2.25. The van der Waals surface area contributed by atoms with Crippen molar-refractivity contribution >= 4 is 5.97 Å². The molecule has 5 heteroatoms. The molecule has 1 saturated carbocycles. The van der Waals surface area contributed by atoms with Crippen molar-refractivity contribution in [3.05, 3.63) is 0 Å². The predicted octanol–water partition coefficient (Wildman–Crippen LogP) is -1.44. The highest BCUT2D eigenvalue weighted by atomic mass is 16.4. The fourth-order valence-corrected chi connectivity index (χ4v) is 1.43. The smallest absolute Gasteiger partial charge is 0.309 e. The van der Waals surface area contributed by atoms with Crippen molar-refractivity contribution in [2.75, 3.05) is 0 Å². The van der Waals surface area contributed by atoms with Crippen LogP contribution in [0.15, 0.2) is 0 Å². The lowest BCUT2D eigenvalue weighted by molar-refractivity contribution is -0.160. The monoisotopic (exact) mass is 176 g/mol. The van der Waals surface area contributed by atoms with E-state index in [4.69, 9.17) is 15.3 Å². The van der Waals surface area contributed by atoms with E-state index in [9.17, 15) is 9.90 Å². The minimum absolute atomic E-state index is 0.203. The van der Waals surface area contributed by atoms with Crippen LogP contribution in [0.2, 0.25) is 0 Å². The summed E-state index contributed by atoms with van der Waals surface area (Å²) < 4.78 is 0. The van der Waals surface area contributed by atoms with Crippen LogP contribution in [0.3, 0.4) is 0 Å². The van der Waals surface area contributed by atoms with E-state index >= 15 is 0 Å². The summed E-state index contributed by atoms with van der Waals surface area (Å²) in [6.07, 6.45) is -3.27. The van der Waals surface area contributed by atoms with Gasteiger partial charge in [0.1, 0.15) is 6.10 Å². The van der Waals surface area contributed by atoms with E-state index in [1.807, 2.05) is 0 Å². The molecule has 0 aromatic heterocycles. The Kier molecular flexibility index (Phi) is 2.66. The van der Waals surface area contributed by atoms with Crippen LogP contribution in [0.1, 0.15) is 12.8 Å². The first-order chi connectivity index (χ1) is 5.54. The molecule has 0 radical (unpaired) electrons. The molecular formula is C7H12O5. The number of aliphatic hydroxyl groups excluding tert-OH is 3. The molecule has 0 saturated heterocycles. The normalized spacial score (nSPS) is 42.6. The molecule has 5 nitrogen and oxygen atoms in total. The van der Waals surface area contributed by atoms with Gasteiger partial charge in [-0.2, -0.15) is 0 Å². The number of aliphatic carboxylic acids is 1. The third-order valence-corrected chi connectivity index (χ3v) is 2.25. The molecule has 70 valence electrons. The maximum absolute atomic E-state index is 10.5. The Morgan fingerprint density at radius 2 is 1.67 bits per heavy atom. The van der Waals surface area contributed by atoms with Crippen molar-refractivity contribution < 1.29 is 25.2 Å². The molecule has 2 unspecified atom stereocenters. The highest BCUT2D eigenvalue weighted by molar-refractivity contribution is 5.71. The average Bonchev–Trinajstić information content (AvgIpc) is 2.00. The Hall–Kier alpha value is -0.650. The van der Waals surface area contributed by atoms with Crippen molar-refractivity contribution in [1.82, 2.24) is 0 Å². The van der Waals surface area contributed by atoms with Crippen LogP contribution in [0.5, 0.6) is 0 Å². The zero-order valence-electron chi connectivity index (χ0n) is 6.42. The van der Waals surface area contributed by atoms with Crippen molar-refractivity contribution in [3.63, 3.8) is 0 Å². The number of hydrogen-bond donors (Lipinski definition) is 4. The van der Waals surface area contributed by atoms with Gasteiger partial charge in [-0.3, -0.25) is 4.79 Å². The molecule has 4 N–H and O–H groups in total. The van der Waals surface area contributed by atoms with E-state index in [1.165, 1.54) is 0 Å². The van der Waals surface area contributed by atoms with E-state index in [2.05, 4.69) is 0 Å². The Morgan fingerprint density at radius 1 is 1.08 bits per heavy atom. The number of hydrogen-bond acceptors (Lipinski definition) is 4. The van der Waals surface area contributed by atoms with E-state index in [-0.39, 0.29) is 12.8 Å². The Labute approximate surface area is 69.3 Å². The van der Waals surface area contributed by atoms with E-state index in [0.717, 1.165) is 0 Å². The van der Waals surface area contributed by atoms with Crippen LogP contribution >= 0.6 is 0 Å². The molecule has 0 aromatic rings. The van der Waals surface area contributed by atoms with Gasteiger partial charge in [0, 0.05) is 0 Å². The molecule has 1 rings (SSSR count). The number of rotatable bonds is 1. The summed E-state index contributed by atoms with van der Waals surface area (Å²) in [6, 6.07) is 0. The van der Waals surface area contributed by atoms with Crippen LogP contribution in [0.25, 0.3) is 0 Å². The van der Waals surface area contributed by atoms with Gasteiger partial charge >= 0.3 is 5.97 Å². The number of aliphatic hydroxyl groups is 3. The Bertz CT molecular complexity index is 181. The minimum Gasteiger partial charge on any atom is -0.481 e. The van der Waals surface area contributed by atoms with E-state index in [1.54, 1.807) is 0 Å². The second-order valence-corrected chi connectivity index (χ2v) is 3.07. The molecule has 0 spiro atoms. The van der Waals surface area contributed by atoms with Gasteiger partial charge < -0.3 is 20.4 Å². The molecule has 4 atom stereocenters. The summed E-state index contributed by atoms with van der Waals surface area (Å²) >= 11 is 0. The molecule has 0 heterocycles. The summed E-state index contributed by atoms with van der Waals surface area (Å²) in [4.78, 5) is 10.5. The summed E-state index contributed by atoms with van der Waals surface area (Å²) in [7, 11) is 0. The van der Waals surface area contributed by atoms with Crippen molar-refractivity contribution in [2.45, 2.75) is 31.2 Å². The highest BCUT2D eigenvalue weighted by Gasteiger charge is 2.40. The first-order valence-corrected chi connectivity index (χ1v) is 3.81. The van der Waals surface area contributed by atoms with E-state index < -0.39 is 30.2 Å². The third kappa shape index (κ3) is 1.57. The number of carboxylic acids is 1. The van der Waals surface area contributed by atoms with Gasteiger partial charge in [0.2, 0.25) is 0 Å². The van der Waals surface area contributed by atoms with Crippen LogP contribution in [-0.2, 0) is 4.79 Å². The molecule has 12 heavy (non-hydrogen) atoms. The average molecular weight is 176 g/mol. The molecule has 0 aliphatic heterocycles. The zero-order chi connectivity index (χ0) is 9.30. The Morgan fingerprint density at radius 3 is 2.17 bits per heavy atom. The summed E-state index contributed by atoms with van der Waals surface area (Å²) in [6.45, 7) is 0. The predicted molar refractivity (Wildman–Crippen MR) is 38.4 cm³/mol. The molecule has 0 amide bonds. The topological polar surface area (TPSA) is 98.0 Å². The van der Waals surface area contributed by atoms with Gasteiger partial charge in [-0.1, -0.05) is 0 Å². The lowest BCUT2D eigenvalue weighted by Crippen LogP contribution is -2.48. The first kappa shape index (κ1) is 9.44. The van der Waals surface area contributed by atoms with Crippen LogP contribution in [0.4, 0.5) is 0 Å². The van der Waals surface area contributed by atoms with Crippen LogP contribution in [0, 0.1) is 5.92 Å². The van der Waals surface area contributed by atoms with Crippen molar-refractivity contribution in [3.8, 4) is 0 Å². The lowest BCUT2D eigenvalue weighted by atomic mass is 9.83. The largest absolute Gasteiger partial charge is 0.481 e. The molecule has 0 bridgehead atoms. The fraction of sp³-hybridized carbons (Fsp3) is 0.857. The molecule has 1 fully saturated rings. The maximum Gasteiger partial charge on any atom is 0.309 e. The quantitative estimate of drug-likeness (QED) is 0.392. The van der Waals surface area contributed by atoms with Crippen LogP contribution < -0.4 is 0 Å². The fourth-order valence-electron chi connectivity index (χ4n) is 1.43. The maximum atomic E-state index is 10.5.